The van der Waals surface area contributed by atoms with Crippen LogP contribution in [0.1, 0.15) is 28.4 Å². The van der Waals surface area contributed by atoms with Crippen LogP contribution in [0.2, 0.25) is 0 Å². The van der Waals surface area contributed by atoms with E-state index in [0.717, 1.165) is 33.2 Å². The molecule has 2 aromatic heterocycles. The number of hydrogen-bond donors (Lipinski definition) is 1. The lowest BCUT2D eigenvalue weighted by atomic mass is 9.83. The van der Waals surface area contributed by atoms with Gasteiger partial charge in [-0.3, -0.25) is 0 Å². The van der Waals surface area contributed by atoms with Gasteiger partial charge in [-0.15, -0.1) is 5.10 Å². The highest BCUT2D eigenvalue weighted by molar-refractivity contribution is 5.83. The van der Waals surface area contributed by atoms with Crippen molar-refractivity contribution in [1.82, 2.24) is 19.6 Å². The first-order chi connectivity index (χ1) is 19.6. The molecule has 1 aliphatic heterocycles. The van der Waals surface area contributed by atoms with Crippen LogP contribution in [-0.4, -0.2) is 38.9 Å². The molecule has 3 heterocycles. The molecule has 9 nitrogen and oxygen atoms in total. The second kappa shape index (κ2) is 9.46. The van der Waals surface area contributed by atoms with Crippen LogP contribution in [0.15, 0.2) is 85.2 Å². The van der Waals surface area contributed by atoms with Crippen LogP contribution < -0.4 is 18.9 Å². The van der Waals surface area contributed by atoms with Crippen LogP contribution in [0.3, 0.4) is 0 Å². The number of ether oxygens (including phenoxy) is 4. The Morgan fingerprint density at radius 1 is 0.900 bits per heavy atom. The first kappa shape index (κ1) is 23.8. The molecule has 0 saturated heterocycles. The van der Waals surface area contributed by atoms with Gasteiger partial charge in [0.15, 0.2) is 23.0 Å². The number of phenolic OH excluding ortho intramolecular Hbond substituents is 1. The number of rotatable bonds is 6. The number of aromatic hydroxyl groups is 1. The molecule has 0 bridgehead atoms. The van der Waals surface area contributed by atoms with Crippen molar-refractivity contribution >= 4 is 16.4 Å². The van der Waals surface area contributed by atoms with Gasteiger partial charge in [0.05, 0.1) is 19.8 Å². The molecule has 0 fully saturated rings. The van der Waals surface area contributed by atoms with E-state index in [0.29, 0.717) is 34.6 Å². The summed E-state index contributed by atoms with van der Waals surface area (Å²) in [7, 11) is 3.20. The van der Waals surface area contributed by atoms with Crippen LogP contribution in [0.25, 0.3) is 16.4 Å². The molecule has 4 aromatic carbocycles. The zero-order valence-corrected chi connectivity index (χ0v) is 21.7. The monoisotopic (exact) mass is 532 g/mol. The Bertz CT molecular complexity index is 1900. The molecule has 1 aliphatic rings. The minimum Gasteiger partial charge on any atom is -0.508 e. The summed E-state index contributed by atoms with van der Waals surface area (Å²) in [6, 6.07) is 24.9. The molecule has 1 atom stereocenters. The maximum absolute atomic E-state index is 10.2. The van der Waals surface area contributed by atoms with E-state index < -0.39 is 0 Å². The summed E-state index contributed by atoms with van der Waals surface area (Å²) >= 11 is 0. The molecule has 7 rings (SSSR count). The number of nitrogens with zero attached hydrogens (tertiary/aromatic N) is 4. The molecular weight excluding hydrogens is 508 g/mol. The summed E-state index contributed by atoms with van der Waals surface area (Å²) in [6.07, 6.45) is 1.57. The fourth-order valence-corrected chi connectivity index (χ4v) is 5.19. The smallest absolute Gasteiger partial charge is 0.228 e. The second-order valence-corrected chi connectivity index (χ2v) is 9.43. The standard InChI is InChI=1S/C31H24N4O5/c1-37-24-12-8-20(14-26(24)38-2)28-23-11-9-21(36)15-25(23)40-31-29(28)30-33-27(34-35(30)17-32-31)16-39-22-10-7-18-5-3-4-6-19(18)13-22/h3-15,17,28,36H,16H2,1-2H3. The van der Waals surface area contributed by atoms with Crippen molar-refractivity contribution in [3.8, 4) is 34.6 Å². The number of methoxy groups -OCH3 is 2. The molecule has 1 N–H and O–H groups in total. The molecule has 0 saturated carbocycles. The van der Waals surface area contributed by atoms with Gasteiger partial charge >= 0.3 is 0 Å². The normalized spacial score (nSPS) is 13.9. The highest BCUT2D eigenvalue weighted by Crippen LogP contribution is 2.49. The van der Waals surface area contributed by atoms with E-state index in [9.17, 15) is 5.11 Å². The van der Waals surface area contributed by atoms with E-state index in [4.69, 9.17) is 23.9 Å². The Morgan fingerprint density at radius 2 is 1.75 bits per heavy atom. The lowest BCUT2D eigenvalue weighted by Crippen LogP contribution is -2.15. The quantitative estimate of drug-likeness (QED) is 0.284. The Labute approximate surface area is 229 Å². The summed E-state index contributed by atoms with van der Waals surface area (Å²) in [5, 5.41) is 17.0. The van der Waals surface area contributed by atoms with Crippen LogP contribution in [0.5, 0.6) is 34.6 Å². The molecule has 198 valence electrons. The van der Waals surface area contributed by atoms with E-state index in [1.807, 2.05) is 54.6 Å². The number of fused-ring (bicyclic) bond motifs is 5. The fourth-order valence-electron chi connectivity index (χ4n) is 5.19. The Kier molecular flexibility index (Phi) is 5.62. The summed E-state index contributed by atoms with van der Waals surface area (Å²) in [5.74, 6) is 3.14. The van der Waals surface area contributed by atoms with Crippen molar-refractivity contribution in [3.05, 3.63) is 108 Å². The SMILES string of the molecule is COc1ccc(C2c3ccc(O)cc3Oc3ncn4nc(COc5ccc6ccccc6c5)nc4c32)cc1OC. The number of aromatic nitrogens is 4. The van der Waals surface area contributed by atoms with Gasteiger partial charge in [-0.1, -0.05) is 42.5 Å². The van der Waals surface area contributed by atoms with Crippen molar-refractivity contribution in [2.24, 2.45) is 0 Å². The number of hydrogen-bond acceptors (Lipinski definition) is 8. The first-order valence-electron chi connectivity index (χ1n) is 12.7. The fraction of sp³-hybridized carbons (Fsp3) is 0.129. The lowest BCUT2D eigenvalue weighted by molar-refractivity contribution is 0.296. The zero-order valence-electron chi connectivity index (χ0n) is 21.7. The van der Waals surface area contributed by atoms with Gasteiger partial charge in [-0.2, -0.15) is 0 Å². The van der Waals surface area contributed by atoms with Crippen LogP contribution >= 0.6 is 0 Å². The topological polar surface area (TPSA) is 100 Å². The van der Waals surface area contributed by atoms with Crippen LogP contribution in [-0.2, 0) is 6.61 Å². The van der Waals surface area contributed by atoms with Gasteiger partial charge in [0.2, 0.25) is 5.88 Å². The van der Waals surface area contributed by atoms with Crippen molar-refractivity contribution < 1.29 is 24.1 Å². The average Bonchev–Trinajstić information content (AvgIpc) is 3.42. The summed E-state index contributed by atoms with van der Waals surface area (Å²) in [4.78, 5) is 9.40. The zero-order chi connectivity index (χ0) is 27.2. The maximum atomic E-state index is 10.2. The first-order valence-corrected chi connectivity index (χ1v) is 12.7. The molecule has 0 radical (unpaired) electrons. The molecule has 0 spiro atoms. The van der Waals surface area contributed by atoms with Crippen molar-refractivity contribution in [2.45, 2.75) is 12.5 Å². The van der Waals surface area contributed by atoms with E-state index in [1.54, 1.807) is 37.2 Å². The minimum atomic E-state index is -0.325. The van der Waals surface area contributed by atoms with Gasteiger partial charge < -0.3 is 24.1 Å². The van der Waals surface area contributed by atoms with Gasteiger partial charge in [0, 0.05) is 17.5 Å². The third kappa shape index (κ3) is 3.99. The molecule has 1 unspecified atom stereocenters. The minimum absolute atomic E-state index is 0.102. The van der Waals surface area contributed by atoms with E-state index in [2.05, 4.69) is 22.2 Å². The van der Waals surface area contributed by atoms with Crippen LogP contribution in [0.4, 0.5) is 0 Å². The second-order valence-electron chi connectivity index (χ2n) is 9.43. The average molecular weight is 533 g/mol. The van der Waals surface area contributed by atoms with Crippen LogP contribution in [0, 0.1) is 0 Å². The van der Waals surface area contributed by atoms with Gasteiger partial charge in [0.1, 0.15) is 30.2 Å². The predicted octanol–water partition coefficient (Wildman–Crippen LogP) is 5.87. The summed E-state index contributed by atoms with van der Waals surface area (Å²) < 4.78 is 24.9. The number of phenols is 1. The molecular formula is C31H24N4O5. The van der Waals surface area contributed by atoms with Crippen molar-refractivity contribution in [1.29, 1.82) is 0 Å². The molecule has 6 aromatic rings. The van der Waals surface area contributed by atoms with Gasteiger partial charge in [-0.05, 0) is 46.7 Å². The summed E-state index contributed by atoms with van der Waals surface area (Å²) in [6.45, 7) is 0.182. The van der Waals surface area contributed by atoms with Gasteiger partial charge in [-0.25, -0.2) is 14.5 Å². The molecule has 0 aliphatic carbocycles. The van der Waals surface area contributed by atoms with Crippen molar-refractivity contribution in [2.75, 3.05) is 14.2 Å². The Morgan fingerprint density at radius 3 is 2.60 bits per heavy atom. The van der Waals surface area contributed by atoms with E-state index >= 15 is 0 Å². The van der Waals surface area contributed by atoms with Crippen molar-refractivity contribution in [3.63, 3.8) is 0 Å². The Hall–Kier alpha value is -5.31. The molecule has 9 heteroatoms. The van der Waals surface area contributed by atoms with Gasteiger partial charge in [0.25, 0.3) is 0 Å². The maximum Gasteiger partial charge on any atom is 0.228 e. The largest absolute Gasteiger partial charge is 0.508 e. The molecule has 0 amide bonds. The summed E-state index contributed by atoms with van der Waals surface area (Å²) in [5.41, 5.74) is 3.11. The third-order valence-electron chi connectivity index (χ3n) is 7.06. The Balaban J connectivity index is 1.31. The predicted molar refractivity (Wildman–Crippen MR) is 148 cm³/mol. The third-order valence-corrected chi connectivity index (χ3v) is 7.06. The molecule has 40 heavy (non-hydrogen) atoms. The highest BCUT2D eigenvalue weighted by atomic mass is 16.5. The lowest BCUT2D eigenvalue weighted by Gasteiger charge is -2.28. The highest BCUT2D eigenvalue weighted by Gasteiger charge is 2.34. The van der Waals surface area contributed by atoms with E-state index in [1.165, 1.54) is 0 Å². The number of benzene rings is 4. The van der Waals surface area contributed by atoms with E-state index in [-0.39, 0.29) is 18.3 Å².